The Kier molecular flexibility index (Phi) is 5.05. The molecular weight excluding hydrogens is 222 g/mol. The lowest BCUT2D eigenvalue weighted by Gasteiger charge is -2.21. The molecule has 2 rings (SSSR count). The number of hydrogen-bond acceptors (Lipinski definition) is 3. The van der Waals surface area contributed by atoms with E-state index in [-0.39, 0.29) is 0 Å². The van der Waals surface area contributed by atoms with E-state index in [1.54, 1.807) is 0 Å². The number of nitrogens with one attached hydrogen (secondary N) is 1. The van der Waals surface area contributed by atoms with Gasteiger partial charge in [0.1, 0.15) is 0 Å². The first-order valence-corrected chi connectivity index (χ1v) is 7.77. The standard InChI is InChI=1S/C15H31N3/c1-12(2)17(4)9-5-8-16-14-10-13(3)18(11-14)15-6-7-15/h12-16H,5-11H2,1-4H3. The fourth-order valence-corrected chi connectivity index (χ4v) is 3.01. The van der Waals surface area contributed by atoms with Crippen molar-refractivity contribution in [1.82, 2.24) is 15.1 Å². The van der Waals surface area contributed by atoms with Gasteiger partial charge in [-0.1, -0.05) is 0 Å². The molecule has 0 radical (unpaired) electrons. The van der Waals surface area contributed by atoms with Gasteiger partial charge in [0.15, 0.2) is 0 Å². The van der Waals surface area contributed by atoms with Crippen LogP contribution >= 0.6 is 0 Å². The SMILES string of the molecule is CC(C)N(C)CCCNC1CC(C)N(C2CC2)C1. The molecule has 1 aliphatic carbocycles. The van der Waals surface area contributed by atoms with Gasteiger partial charge in [-0.15, -0.1) is 0 Å². The maximum Gasteiger partial charge on any atom is 0.0210 e. The van der Waals surface area contributed by atoms with E-state index in [2.05, 4.69) is 42.9 Å². The summed E-state index contributed by atoms with van der Waals surface area (Å²) in [5, 5.41) is 3.75. The Labute approximate surface area is 113 Å². The summed E-state index contributed by atoms with van der Waals surface area (Å²) in [5.74, 6) is 0. The van der Waals surface area contributed by atoms with Gasteiger partial charge in [0.05, 0.1) is 0 Å². The van der Waals surface area contributed by atoms with Gasteiger partial charge in [-0.3, -0.25) is 4.90 Å². The molecule has 106 valence electrons. The highest BCUT2D eigenvalue weighted by atomic mass is 15.3. The molecule has 0 aromatic carbocycles. The molecule has 1 saturated heterocycles. The highest BCUT2D eigenvalue weighted by molar-refractivity contribution is 4.95. The topological polar surface area (TPSA) is 18.5 Å². The fraction of sp³-hybridized carbons (Fsp3) is 1.00. The molecule has 1 N–H and O–H groups in total. The number of nitrogens with zero attached hydrogens (tertiary/aromatic N) is 2. The largest absolute Gasteiger partial charge is 0.313 e. The van der Waals surface area contributed by atoms with E-state index in [4.69, 9.17) is 0 Å². The van der Waals surface area contributed by atoms with Crippen molar-refractivity contribution in [2.24, 2.45) is 0 Å². The maximum absolute atomic E-state index is 3.75. The van der Waals surface area contributed by atoms with E-state index in [9.17, 15) is 0 Å². The minimum Gasteiger partial charge on any atom is -0.313 e. The Hall–Kier alpha value is -0.120. The molecule has 2 unspecified atom stereocenters. The first kappa shape index (κ1) is 14.3. The van der Waals surface area contributed by atoms with Crippen molar-refractivity contribution in [1.29, 1.82) is 0 Å². The van der Waals surface area contributed by atoms with Crippen LogP contribution in [0, 0.1) is 0 Å². The Morgan fingerprint density at radius 3 is 2.67 bits per heavy atom. The second-order valence-electron chi connectivity index (χ2n) is 6.59. The zero-order valence-corrected chi connectivity index (χ0v) is 12.7. The van der Waals surface area contributed by atoms with E-state index < -0.39 is 0 Å². The Balaban J connectivity index is 1.57. The molecule has 2 fully saturated rings. The lowest BCUT2D eigenvalue weighted by Crippen LogP contribution is -2.36. The van der Waals surface area contributed by atoms with Crippen LogP contribution in [-0.2, 0) is 0 Å². The van der Waals surface area contributed by atoms with Crippen molar-refractivity contribution in [3.05, 3.63) is 0 Å². The first-order valence-electron chi connectivity index (χ1n) is 7.77. The second-order valence-corrected chi connectivity index (χ2v) is 6.59. The lowest BCUT2D eigenvalue weighted by atomic mass is 10.2. The van der Waals surface area contributed by atoms with E-state index in [1.807, 2.05) is 0 Å². The summed E-state index contributed by atoms with van der Waals surface area (Å²) in [5.41, 5.74) is 0. The Morgan fingerprint density at radius 2 is 2.06 bits per heavy atom. The van der Waals surface area contributed by atoms with Crippen LogP contribution in [0.15, 0.2) is 0 Å². The summed E-state index contributed by atoms with van der Waals surface area (Å²) < 4.78 is 0. The van der Waals surface area contributed by atoms with Gasteiger partial charge in [0.25, 0.3) is 0 Å². The quantitative estimate of drug-likeness (QED) is 0.700. The third kappa shape index (κ3) is 3.94. The van der Waals surface area contributed by atoms with Crippen molar-refractivity contribution in [2.75, 3.05) is 26.7 Å². The van der Waals surface area contributed by atoms with E-state index in [1.165, 1.54) is 45.3 Å². The van der Waals surface area contributed by atoms with Gasteiger partial charge < -0.3 is 10.2 Å². The van der Waals surface area contributed by atoms with Gasteiger partial charge in [-0.25, -0.2) is 0 Å². The molecule has 2 aliphatic rings. The predicted octanol–water partition coefficient (Wildman–Crippen LogP) is 1.93. The zero-order valence-electron chi connectivity index (χ0n) is 12.7. The molecule has 2 atom stereocenters. The summed E-state index contributed by atoms with van der Waals surface area (Å²) in [6.45, 7) is 10.6. The van der Waals surface area contributed by atoms with Crippen molar-refractivity contribution < 1.29 is 0 Å². The van der Waals surface area contributed by atoms with Gasteiger partial charge in [0.2, 0.25) is 0 Å². The maximum atomic E-state index is 3.75. The van der Waals surface area contributed by atoms with E-state index in [0.717, 1.165) is 18.1 Å². The van der Waals surface area contributed by atoms with Crippen molar-refractivity contribution in [2.45, 2.75) is 70.6 Å². The van der Waals surface area contributed by atoms with E-state index in [0.29, 0.717) is 6.04 Å². The van der Waals surface area contributed by atoms with Crippen LogP contribution in [0.3, 0.4) is 0 Å². The molecule has 0 spiro atoms. The molecule has 3 heteroatoms. The minimum absolute atomic E-state index is 0.668. The number of rotatable bonds is 7. The van der Waals surface area contributed by atoms with Gasteiger partial charge >= 0.3 is 0 Å². The molecule has 1 aliphatic heterocycles. The van der Waals surface area contributed by atoms with Crippen LogP contribution in [0.1, 0.15) is 46.5 Å². The van der Waals surface area contributed by atoms with Crippen LogP contribution in [0.2, 0.25) is 0 Å². The molecule has 0 aromatic heterocycles. The van der Waals surface area contributed by atoms with Gasteiger partial charge in [-0.2, -0.15) is 0 Å². The van der Waals surface area contributed by atoms with Crippen LogP contribution in [-0.4, -0.2) is 60.6 Å². The molecule has 0 aromatic rings. The van der Waals surface area contributed by atoms with Crippen molar-refractivity contribution in [3.8, 4) is 0 Å². The average Bonchev–Trinajstić information content (AvgIpc) is 3.09. The van der Waals surface area contributed by atoms with Crippen LogP contribution in [0.5, 0.6) is 0 Å². The van der Waals surface area contributed by atoms with Gasteiger partial charge in [0, 0.05) is 30.7 Å². The van der Waals surface area contributed by atoms with Crippen LogP contribution < -0.4 is 5.32 Å². The third-order valence-corrected chi connectivity index (χ3v) is 4.64. The molecule has 0 bridgehead atoms. The summed E-state index contributed by atoms with van der Waals surface area (Å²) in [6.07, 6.45) is 5.49. The number of hydrogen-bond donors (Lipinski definition) is 1. The zero-order chi connectivity index (χ0) is 13.1. The first-order chi connectivity index (χ1) is 8.58. The molecule has 1 saturated carbocycles. The summed E-state index contributed by atoms with van der Waals surface area (Å²) >= 11 is 0. The van der Waals surface area contributed by atoms with Crippen LogP contribution in [0.25, 0.3) is 0 Å². The summed E-state index contributed by atoms with van der Waals surface area (Å²) in [6, 6.07) is 3.14. The molecule has 18 heavy (non-hydrogen) atoms. The molecule has 3 nitrogen and oxygen atoms in total. The second kappa shape index (κ2) is 6.36. The van der Waals surface area contributed by atoms with Crippen molar-refractivity contribution in [3.63, 3.8) is 0 Å². The van der Waals surface area contributed by atoms with E-state index >= 15 is 0 Å². The monoisotopic (exact) mass is 253 g/mol. The molecule has 0 amide bonds. The number of likely N-dealkylation sites (tertiary alicyclic amines) is 1. The predicted molar refractivity (Wildman–Crippen MR) is 78.0 cm³/mol. The smallest absolute Gasteiger partial charge is 0.0210 e. The highest BCUT2D eigenvalue weighted by Gasteiger charge is 2.38. The average molecular weight is 253 g/mol. The lowest BCUT2D eigenvalue weighted by molar-refractivity contribution is 0.253. The Morgan fingerprint density at radius 1 is 1.33 bits per heavy atom. The fourth-order valence-electron chi connectivity index (χ4n) is 3.01. The Bertz CT molecular complexity index is 250. The summed E-state index contributed by atoms with van der Waals surface area (Å²) in [7, 11) is 2.22. The third-order valence-electron chi connectivity index (χ3n) is 4.64. The molecule has 1 heterocycles. The van der Waals surface area contributed by atoms with Crippen LogP contribution in [0.4, 0.5) is 0 Å². The summed E-state index contributed by atoms with van der Waals surface area (Å²) in [4.78, 5) is 5.15. The van der Waals surface area contributed by atoms with Crippen molar-refractivity contribution >= 4 is 0 Å². The minimum atomic E-state index is 0.668. The normalized spacial score (nSPS) is 29.7. The highest BCUT2D eigenvalue weighted by Crippen LogP contribution is 2.33. The van der Waals surface area contributed by atoms with Gasteiger partial charge in [-0.05, 0) is 66.6 Å². The molecular formula is C15H31N3.